The van der Waals surface area contributed by atoms with Gasteiger partial charge in [-0.05, 0) is 37.5 Å². The van der Waals surface area contributed by atoms with Crippen LogP contribution < -0.4 is 0 Å². The van der Waals surface area contributed by atoms with Crippen molar-refractivity contribution in [3.8, 4) is 0 Å². The molecule has 1 saturated heterocycles. The molecule has 1 aromatic rings. The van der Waals surface area contributed by atoms with Crippen LogP contribution in [0.15, 0.2) is 17.0 Å². The third-order valence-corrected chi connectivity index (χ3v) is 6.36. The molecule has 1 heterocycles. The van der Waals surface area contributed by atoms with Crippen molar-refractivity contribution >= 4 is 39.2 Å². The first-order valence-electron chi connectivity index (χ1n) is 6.42. The van der Waals surface area contributed by atoms with Crippen molar-refractivity contribution in [1.29, 1.82) is 0 Å². The molecule has 0 spiro atoms. The second-order valence-electron chi connectivity index (χ2n) is 5.03. The number of hydrogen-bond acceptors (Lipinski definition) is 3. The second-order valence-corrected chi connectivity index (χ2v) is 7.78. The number of nitrogens with zero attached hydrogens (tertiary/aromatic N) is 1. The summed E-state index contributed by atoms with van der Waals surface area (Å²) in [7, 11) is -3.70. The first kappa shape index (κ1) is 16.5. The summed E-state index contributed by atoms with van der Waals surface area (Å²) in [5.41, 5.74) is 0.627. The van der Waals surface area contributed by atoms with E-state index in [1.807, 2.05) is 0 Å². The van der Waals surface area contributed by atoms with E-state index in [1.165, 1.54) is 16.4 Å². The normalized spacial score (nSPS) is 17.9. The summed E-state index contributed by atoms with van der Waals surface area (Å²) >= 11 is 12.0. The van der Waals surface area contributed by atoms with E-state index in [4.69, 9.17) is 28.3 Å². The number of carboxylic acids is 1. The number of halogens is 2. The zero-order chi connectivity index (χ0) is 15.8. The lowest BCUT2D eigenvalue weighted by Gasteiger charge is -2.29. The standard InChI is InChI=1S/C13H15Cl2NO4S/c1-8-11(14)6-10(7-12(8)15)21(19,20)16-4-2-9(3-5-16)13(17)18/h6-7,9H,2-5H2,1H3,(H,17,18). The third-order valence-electron chi connectivity index (χ3n) is 3.70. The monoisotopic (exact) mass is 351 g/mol. The summed E-state index contributed by atoms with van der Waals surface area (Å²) in [6, 6.07) is 2.75. The molecule has 0 unspecified atom stereocenters. The smallest absolute Gasteiger partial charge is 0.306 e. The average Bonchev–Trinajstić information content (AvgIpc) is 2.44. The Morgan fingerprint density at radius 1 is 1.24 bits per heavy atom. The highest BCUT2D eigenvalue weighted by atomic mass is 35.5. The maximum atomic E-state index is 12.5. The molecule has 8 heteroatoms. The van der Waals surface area contributed by atoms with E-state index in [9.17, 15) is 13.2 Å². The second kappa shape index (κ2) is 6.12. The van der Waals surface area contributed by atoms with Crippen LogP contribution in [-0.2, 0) is 14.8 Å². The van der Waals surface area contributed by atoms with Gasteiger partial charge in [-0.1, -0.05) is 23.2 Å². The van der Waals surface area contributed by atoms with Crippen molar-refractivity contribution in [1.82, 2.24) is 4.31 Å². The van der Waals surface area contributed by atoms with Gasteiger partial charge >= 0.3 is 5.97 Å². The number of aliphatic carboxylic acids is 1. The van der Waals surface area contributed by atoms with Gasteiger partial charge in [-0.2, -0.15) is 4.31 Å². The van der Waals surface area contributed by atoms with E-state index in [-0.39, 0.29) is 18.0 Å². The minimum absolute atomic E-state index is 0.0388. The maximum absolute atomic E-state index is 12.5. The Morgan fingerprint density at radius 3 is 2.14 bits per heavy atom. The molecular formula is C13H15Cl2NO4S. The summed E-state index contributed by atoms with van der Waals surface area (Å²) < 4.78 is 26.4. The zero-order valence-electron chi connectivity index (χ0n) is 11.3. The number of sulfonamides is 1. The molecule has 116 valence electrons. The number of benzene rings is 1. The number of rotatable bonds is 3. The van der Waals surface area contributed by atoms with E-state index < -0.39 is 21.9 Å². The summed E-state index contributed by atoms with van der Waals surface area (Å²) in [4.78, 5) is 10.9. The number of carbonyl (C=O) groups is 1. The van der Waals surface area contributed by atoms with Crippen LogP contribution in [0, 0.1) is 12.8 Å². The Kier molecular flexibility index (Phi) is 4.82. The van der Waals surface area contributed by atoms with Gasteiger partial charge in [-0.3, -0.25) is 4.79 Å². The number of carboxylic acid groups (broad SMARTS) is 1. The molecule has 1 aromatic carbocycles. The molecule has 0 aromatic heterocycles. The molecule has 0 bridgehead atoms. The third kappa shape index (κ3) is 3.34. The van der Waals surface area contributed by atoms with Gasteiger partial charge in [0.25, 0.3) is 0 Å². The molecule has 0 radical (unpaired) electrons. The molecule has 21 heavy (non-hydrogen) atoms. The molecule has 5 nitrogen and oxygen atoms in total. The van der Waals surface area contributed by atoms with Gasteiger partial charge in [0, 0.05) is 23.1 Å². The molecule has 0 amide bonds. The van der Waals surface area contributed by atoms with Crippen molar-refractivity contribution < 1.29 is 18.3 Å². The van der Waals surface area contributed by atoms with Crippen molar-refractivity contribution in [2.75, 3.05) is 13.1 Å². The largest absolute Gasteiger partial charge is 0.481 e. The fourth-order valence-electron chi connectivity index (χ4n) is 2.26. The molecule has 1 aliphatic rings. The quantitative estimate of drug-likeness (QED) is 0.908. The average molecular weight is 352 g/mol. The number of piperidine rings is 1. The van der Waals surface area contributed by atoms with Crippen molar-refractivity contribution in [2.45, 2.75) is 24.7 Å². The predicted molar refractivity (Wildman–Crippen MR) is 80.3 cm³/mol. The molecule has 1 N–H and O–H groups in total. The highest BCUT2D eigenvalue weighted by molar-refractivity contribution is 7.89. The predicted octanol–water partition coefficient (Wildman–Crippen LogP) is 2.79. The topological polar surface area (TPSA) is 74.7 Å². The molecule has 2 rings (SSSR count). The Bertz CT molecular complexity index is 644. The minimum atomic E-state index is -3.70. The van der Waals surface area contributed by atoms with Crippen LogP contribution in [0.4, 0.5) is 0 Å². The summed E-state index contributed by atoms with van der Waals surface area (Å²) in [6.45, 7) is 2.07. The van der Waals surface area contributed by atoms with Gasteiger partial charge in [0.1, 0.15) is 0 Å². The number of hydrogen-bond donors (Lipinski definition) is 1. The minimum Gasteiger partial charge on any atom is -0.481 e. The van der Waals surface area contributed by atoms with Crippen LogP contribution in [-0.4, -0.2) is 36.9 Å². The highest BCUT2D eigenvalue weighted by Crippen LogP contribution is 2.30. The summed E-state index contributed by atoms with van der Waals surface area (Å²) in [6.07, 6.45) is 0.615. The Labute approximate surface area is 133 Å². The van der Waals surface area contributed by atoms with Crippen LogP contribution in [0.5, 0.6) is 0 Å². The SMILES string of the molecule is Cc1c(Cl)cc(S(=O)(=O)N2CCC(C(=O)O)CC2)cc1Cl. The van der Waals surface area contributed by atoms with Crippen LogP contribution >= 0.6 is 23.2 Å². The van der Waals surface area contributed by atoms with E-state index in [0.717, 1.165) is 0 Å². The Morgan fingerprint density at radius 2 is 1.71 bits per heavy atom. The van der Waals surface area contributed by atoms with Gasteiger partial charge in [0.05, 0.1) is 10.8 Å². The van der Waals surface area contributed by atoms with Crippen LogP contribution in [0.25, 0.3) is 0 Å². The van der Waals surface area contributed by atoms with Crippen molar-refractivity contribution in [3.05, 3.63) is 27.7 Å². The van der Waals surface area contributed by atoms with Crippen LogP contribution in [0.1, 0.15) is 18.4 Å². The first-order valence-corrected chi connectivity index (χ1v) is 8.61. The van der Waals surface area contributed by atoms with E-state index >= 15 is 0 Å². The lowest BCUT2D eigenvalue weighted by molar-refractivity contribution is -0.142. The van der Waals surface area contributed by atoms with Crippen molar-refractivity contribution in [3.63, 3.8) is 0 Å². The highest BCUT2D eigenvalue weighted by Gasteiger charge is 2.32. The van der Waals surface area contributed by atoms with E-state index in [0.29, 0.717) is 28.5 Å². The Hall–Kier alpha value is -0.820. The van der Waals surface area contributed by atoms with Gasteiger partial charge in [-0.25, -0.2) is 8.42 Å². The molecule has 1 fully saturated rings. The van der Waals surface area contributed by atoms with Crippen LogP contribution in [0.3, 0.4) is 0 Å². The Balaban J connectivity index is 2.26. The van der Waals surface area contributed by atoms with Crippen molar-refractivity contribution in [2.24, 2.45) is 5.92 Å². The molecule has 1 aliphatic heterocycles. The summed E-state index contributed by atoms with van der Waals surface area (Å²) in [5, 5.41) is 9.53. The summed E-state index contributed by atoms with van der Waals surface area (Å²) in [5.74, 6) is -1.37. The van der Waals surface area contributed by atoms with E-state index in [2.05, 4.69) is 0 Å². The van der Waals surface area contributed by atoms with Gasteiger partial charge in [0.2, 0.25) is 10.0 Å². The molecule has 0 aliphatic carbocycles. The van der Waals surface area contributed by atoms with Gasteiger partial charge < -0.3 is 5.11 Å². The fraction of sp³-hybridized carbons (Fsp3) is 0.462. The van der Waals surface area contributed by atoms with Gasteiger partial charge in [-0.15, -0.1) is 0 Å². The molecular weight excluding hydrogens is 337 g/mol. The maximum Gasteiger partial charge on any atom is 0.306 e. The molecule has 0 saturated carbocycles. The lowest BCUT2D eigenvalue weighted by Crippen LogP contribution is -2.40. The fourth-order valence-corrected chi connectivity index (χ4v) is 4.40. The first-order chi connectivity index (χ1) is 9.73. The molecule has 0 atom stereocenters. The zero-order valence-corrected chi connectivity index (χ0v) is 13.7. The lowest BCUT2D eigenvalue weighted by atomic mass is 9.99. The van der Waals surface area contributed by atoms with E-state index in [1.54, 1.807) is 6.92 Å². The van der Waals surface area contributed by atoms with Crippen LogP contribution in [0.2, 0.25) is 10.0 Å². The van der Waals surface area contributed by atoms with Gasteiger partial charge in [0.15, 0.2) is 0 Å².